The highest BCUT2D eigenvalue weighted by Gasteiger charge is 2.37. The first-order chi connectivity index (χ1) is 17.4. The van der Waals surface area contributed by atoms with Gasteiger partial charge in [0.25, 0.3) is 0 Å². The van der Waals surface area contributed by atoms with Gasteiger partial charge in [-0.1, -0.05) is 25.8 Å². The van der Waals surface area contributed by atoms with E-state index in [1.54, 1.807) is 18.2 Å². The van der Waals surface area contributed by atoms with Crippen molar-refractivity contribution in [2.75, 3.05) is 24.6 Å². The first kappa shape index (κ1) is 25.2. The summed E-state index contributed by atoms with van der Waals surface area (Å²) in [5.74, 6) is 0.793. The van der Waals surface area contributed by atoms with Crippen LogP contribution in [0.1, 0.15) is 43.0 Å². The normalized spacial score (nSPS) is 18.7. The molecular formula is C27H33N7O2. The number of fused-ring (bicyclic) bond motifs is 1. The van der Waals surface area contributed by atoms with Gasteiger partial charge in [-0.05, 0) is 54.8 Å². The van der Waals surface area contributed by atoms with Crippen LogP contribution in [0.4, 0.5) is 11.6 Å². The van der Waals surface area contributed by atoms with E-state index in [0.29, 0.717) is 31.3 Å². The summed E-state index contributed by atoms with van der Waals surface area (Å²) in [6, 6.07) is 8.88. The molecule has 188 valence electrons. The van der Waals surface area contributed by atoms with Crippen molar-refractivity contribution in [3.8, 4) is 0 Å². The molecule has 4 N–H and O–H groups in total. The second-order valence-electron chi connectivity index (χ2n) is 9.19. The van der Waals surface area contributed by atoms with Crippen molar-refractivity contribution in [1.29, 1.82) is 0 Å². The average Bonchev–Trinajstić information content (AvgIpc) is 2.86. The number of carbonyl (C=O) groups is 2. The third kappa shape index (κ3) is 5.52. The summed E-state index contributed by atoms with van der Waals surface area (Å²) < 4.78 is 0. The van der Waals surface area contributed by atoms with Gasteiger partial charge in [-0.2, -0.15) is 0 Å². The van der Waals surface area contributed by atoms with Crippen LogP contribution in [0, 0.1) is 6.92 Å². The Labute approximate surface area is 211 Å². The lowest BCUT2D eigenvalue weighted by molar-refractivity contribution is -0.135. The Kier molecular flexibility index (Phi) is 7.90. The van der Waals surface area contributed by atoms with Crippen LogP contribution >= 0.6 is 0 Å². The molecule has 2 aromatic heterocycles. The maximum Gasteiger partial charge on any atom is 0.246 e. The number of carbonyl (C=O) groups excluding carboxylic acids is 2. The number of nitrogens with zero attached hydrogens (tertiary/aromatic N) is 5. The van der Waals surface area contributed by atoms with Gasteiger partial charge in [0.05, 0.1) is 17.6 Å². The third-order valence-corrected chi connectivity index (χ3v) is 6.79. The molecule has 9 heteroatoms. The number of aromatic nitrogens is 3. The van der Waals surface area contributed by atoms with Gasteiger partial charge in [0.15, 0.2) is 0 Å². The number of rotatable bonds is 8. The summed E-state index contributed by atoms with van der Waals surface area (Å²) in [5, 5.41) is 0.808. The number of hydrogen-bond donors (Lipinski definition) is 2. The lowest BCUT2D eigenvalue weighted by atomic mass is 9.95. The Morgan fingerprint density at radius 1 is 1.17 bits per heavy atom. The van der Waals surface area contributed by atoms with Crippen LogP contribution in [-0.2, 0) is 16.1 Å². The maximum atomic E-state index is 13.3. The molecule has 1 saturated heterocycles. The number of unbranched alkanes of at least 4 members (excludes halogenated alkanes) is 1. The maximum absolute atomic E-state index is 13.3. The molecule has 1 amide bonds. The molecule has 0 spiro atoms. The van der Waals surface area contributed by atoms with Gasteiger partial charge in [0.1, 0.15) is 24.2 Å². The molecule has 0 saturated carbocycles. The highest BCUT2D eigenvalue weighted by Crippen LogP contribution is 2.25. The zero-order chi connectivity index (χ0) is 25.7. The first-order valence-electron chi connectivity index (χ1n) is 12.3. The Morgan fingerprint density at radius 3 is 2.75 bits per heavy atom. The van der Waals surface area contributed by atoms with Gasteiger partial charge in [0, 0.05) is 36.8 Å². The molecule has 36 heavy (non-hydrogen) atoms. The molecule has 2 atom stereocenters. The van der Waals surface area contributed by atoms with E-state index < -0.39 is 6.04 Å². The van der Waals surface area contributed by atoms with Crippen LogP contribution in [-0.4, -0.2) is 62.1 Å². The van der Waals surface area contributed by atoms with Crippen molar-refractivity contribution in [3.05, 3.63) is 59.6 Å². The van der Waals surface area contributed by atoms with Gasteiger partial charge in [-0.15, -0.1) is 0 Å². The van der Waals surface area contributed by atoms with Crippen LogP contribution < -0.4 is 11.5 Å². The molecule has 1 aliphatic rings. The van der Waals surface area contributed by atoms with E-state index in [4.69, 9.17) is 11.5 Å². The minimum Gasteiger partial charge on any atom is -0.384 e. The zero-order valence-corrected chi connectivity index (χ0v) is 20.8. The lowest BCUT2D eigenvalue weighted by Gasteiger charge is -2.45. The fraction of sp³-hybridized carbons (Fsp3) is 0.370. The minimum absolute atomic E-state index is 0.100. The van der Waals surface area contributed by atoms with Crippen molar-refractivity contribution in [2.45, 2.75) is 51.7 Å². The monoisotopic (exact) mass is 487 g/mol. The fourth-order valence-electron chi connectivity index (χ4n) is 4.83. The molecule has 0 aliphatic carbocycles. The Balaban J connectivity index is 1.53. The summed E-state index contributed by atoms with van der Waals surface area (Å²) in [7, 11) is 0. The standard InChI is InChI=1S/C27H33N7O2/c1-3-4-5-23-24(16-35)33(15-19-6-9-21-22(14-19)30-17-31-27(21)29)12-13-34(23)26(36)11-8-20-7-10-25(28)32-18(20)2/h6-11,14,16-17,23-24H,3-5,12-13,15H2,1-2H3,(H2,28,32)(H2,29,30,31)/t23-,24?/m0/s1. The van der Waals surface area contributed by atoms with E-state index >= 15 is 0 Å². The van der Waals surface area contributed by atoms with E-state index in [9.17, 15) is 9.59 Å². The molecular weight excluding hydrogens is 454 g/mol. The molecule has 4 rings (SSSR count). The van der Waals surface area contributed by atoms with Crippen molar-refractivity contribution in [3.63, 3.8) is 0 Å². The molecule has 1 unspecified atom stereocenters. The fourth-order valence-corrected chi connectivity index (χ4v) is 4.83. The van der Waals surface area contributed by atoms with Gasteiger partial charge < -0.3 is 21.2 Å². The Morgan fingerprint density at radius 2 is 2.00 bits per heavy atom. The topological polar surface area (TPSA) is 131 Å². The number of piperazine rings is 1. The number of hydrogen-bond acceptors (Lipinski definition) is 8. The highest BCUT2D eigenvalue weighted by molar-refractivity contribution is 5.92. The second kappa shape index (κ2) is 11.3. The largest absolute Gasteiger partial charge is 0.384 e. The van der Waals surface area contributed by atoms with E-state index in [-0.39, 0.29) is 11.9 Å². The first-order valence-corrected chi connectivity index (χ1v) is 12.3. The van der Waals surface area contributed by atoms with Gasteiger partial charge in [0.2, 0.25) is 5.91 Å². The Hall–Kier alpha value is -3.85. The zero-order valence-electron chi connectivity index (χ0n) is 20.8. The summed E-state index contributed by atoms with van der Waals surface area (Å²) in [6.07, 6.45) is 8.47. The number of nitrogens with two attached hydrogens (primary N) is 2. The molecule has 9 nitrogen and oxygen atoms in total. The number of amides is 1. The van der Waals surface area contributed by atoms with Crippen LogP contribution in [0.15, 0.2) is 42.7 Å². The van der Waals surface area contributed by atoms with E-state index in [0.717, 1.165) is 53.3 Å². The molecule has 1 aliphatic heterocycles. The van der Waals surface area contributed by atoms with Crippen molar-refractivity contribution in [2.24, 2.45) is 0 Å². The molecule has 1 aromatic carbocycles. The van der Waals surface area contributed by atoms with Crippen molar-refractivity contribution >= 4 is 40.8 Å². The predicted molar refractivity (Wildman–Crippen MR) is 142 cm³/mol. The van der Waals surface area contributed by atoms with Gasteiger partial charge in [-0.3, -0.25) is 9.69 Å². The van der Waals surface area contributed by atoms with Crippen molar-refractivity contribution in [1.82, 2.24) is 24.8 Å². The molecule has 0 bridgehead atoms. The van der Waals surface area contributed by atoms with Crippen LogP contribution in [0.2, 0.25) is 0 Å². The quantitative estimate of drug-likeness (QED) is 0.366. The number of aldehydes is 1. The van der Waals surface area contributed by atoms with Crippen molar-refractivity contribution < 1.29 is 9.59 Å². The van der Waals surface area contributed by atoms with Gasteiger partial charge >= 0.3 is 0 Å². The lowest BCUT2D eigenvalue weighted by Crippen LogP contribution is -2.61. The Bertz CT molecular complexity index is 1280. The number of anilines is 2. The number of benzene rings is 1. The number of pyridine rings is 1. The SMILES string of the molecule is CCCC[C@H]1C(C=O)N(Cc2ccc3c(N)ncnc3c2)CCN1C(=O)C=Cc1ccc(N)nc1C. The highest BCUT2D eigenvalue weighted by atomic mass is 16.2. The van der Waals surface area contributed by atoms with E-state index in [1.807, 2.05) is 36.1 Å². The van der Waals surface area contributed by atoms with E-state index in [2.05, 4.69) is 26.8 Å². The molecule has 0 radical (unpaired) electrons. The van der Waals surface area contributed by atoms with Gasteiger partial charge in [-0.25, -0.2) is 15.0 Å². The molecule has 1 fully saturated rings. The summed E-state index contributed by atoms with van der Waals surface area (Å²) in [6.45, 7) is 5.70. The summed E-state index contributed by atoms with van der Waals surface area (Å²) >= 11 is 0. The minimum atomic E-state index is -0.395. The third-order valence-electron chi connectivity index (χ3n) is 6.79. The van der Waals surface area contributed by atoms with Crippen LogP contribution in [0.25, 0.3) is 17.0 Å². The number of aryl methyl sites for hydroxylation is 1. The van der Waals surface area contributed by atoms with Crippen LogP contribution in [0.3, 0.4) is 0 Å². The summed E-state index contributed by atoms with van der Waals surface area (Å²) in [4.78, 5) is 42.2. The van der Waals surface area contributed by atoms with E-state index in [1.165, 1.54) is 6.33 Å². The number of nitrogen functional groups attached to an aromatic ring is 2. The smallest absolute Gasteiger partial charge is 0.246 e. The average molecular weight is 488 g/mol. The van der Waals surface area contributed by atoms with Crippen LogP contribution in [0.5, 0.6) is 0 Å². The summed E-state index contributed by atoms with van der Waals surface area (Å²) in [5.41, 5.74) is 15.1. The second-order valence-corrected chi connectivity index (χ2v) is 9.19. The molecule has 3 aromatic rings. The predicted octanol–water partition coefficient (Wildman–Crippen LogP) is 2.98. The molecule has 3 heterocycles.